The van der Waals surface area contributed by atoms with Crippen molar-refractivity contribution in [3.8, 4) is 6.07 Å². The number of halogens is 1. The van der Waals surface area contributed by atoms with Gasteiger partial charge in [-0.3, -0.25) is 4.79 Å². The molecule has 20 heavy (non-hydrogen) atoms. The summed E-state index contributed by atoms with van der Waals surface area (Å²) in [6.45, 7) is 1.96. The number of nitrogens with zero attached hydrogens (tertiary/aromatic N) is 2. The molecule has 1 fully saturated rings. The van der Waals surface area contributed by atoms with E-state index in [1.54, 1.807) is 11.9 Å². The second-order valence-electron chi connectivity index (χ2n) is 5.55. The molecule has 106 valence electrons. The van der Waals surface area contributed by atoms with Crippen molar-refractivity contribution in [3.63, 3.8) is 0 Å². The highest BCUT2D eigenvalue weighted by Crippen LogP contribution is 2.40. The molecule has 3 nitrogen and oxygen atoms in total. The molecule has 1 amide bonds. The van der Waals surface area contributed by atoms with E-state index in [0.717, 1.165) is 18.4 Å². The van der Waals surface area contributed by atoms with Gasteiger partial charge in [0, 0.05) is 12.1 Å². The van der Waals surface area contributed by atoms with Crippen LogP contribution in [0.4, 0.5) is 0 Å². The normalized spacial score (nSPS) is 18.3. The molecule has 0 aliphatic heterocycles. The van der Waals surface area contributed by atoms with Gasteiger partial charge in [-0.15, -0.1) is 0 Å². The quantitative estimate of drug-likeness (QED) is 0.846. The van der Waals surface area contributed by atoms with E-state index < -0.39 is 5.41 Å². The van der Waals surface area contributed by atoms with Crippen molar-refractivity contribution >= 4 is 17.5 Å². The lowest BCUT2D eigenvalue weighted by Crippen LogP contribution is -2.41. The minimum absolute atomic E-state index is 0.0648. The summed E-state index contributed by atoms with van der Waals surface area (Å²) in [5.41, 5.74) is 0.168. The van der Waals surface area contributed by atoms with Gasteiger partial charge < -0.3 is 4.90 Å². The van der Waals surface area contributed by atoms with Gasteiger partial charge >= 0.3 is 0 Å². The van der Waals surface area contributed by atoms with Crippen LogP contribution in [0.2, 0.25) is 5.02 Å². The lowest BCUT2D eigenvalue weighted by molar-refractivity contribution is -0.139. The Morgan fingerprint density at radius 3 is 2.65 bits per heavy atom. The molecule has 1 aliphatic carbocycles. The fourth-order valence-electron chi connectivity index (χ4n) is 2.86. The molecule has 1 aromatic rings. The fourth-order valence-corrected chi connectivity index (χ4v) is 3.05. The van der Waals surface area contributed by atoms with Crippen molar-refractivity contribution in [2.45, 2.75) is 38.6 Å². The Kier molecular flexibility index (Phi) is 4.35. The number of amides is 1. The average molecular weight is 291 g/mol. The van der Waals surface area contributed by atoms with Gasteiger partial charge in [0.2, 0.25) is 5.91 Å². The van der Waals surface area contributed by atoms with E-state index in [2.05, 4.69) is 6.07 Å². The highest BCUT2D eigenvalue weighted by Gasteiger charge is 2.44. The average Bonchev–Trinajstić information content (AvgIpc) is 2.95. The van der Waals surface area contributed by atoms with Crippen molar-refractivity contribution in [2.24, 2.45) is 5.41 Å². The van der Waals surface area contributed by atoms with E-state index in [-0.39, 0.29) is 11.9 Å². The van der Waals surface area contributed by atoms with Crippen LogP contribution in [0.1, 0.15) is 44.2 Å². The van der Waals surface area contributed by atoms with Crippen LogP contribution in [0, 0.1) is 16.7 Å². The Labute approximate surface area is 125 Å². The van der Waals surface area contributed by atoms with E-state index in [9.17, 15) is 10.1 Å². The highest BCUT2D eigenvalue weighted by molar-refractivity contribution is 6.30. The Hall–Kier alpha value is -1.53. The molecule has 1 saturated carbocycles. The van der Waals surface area contributed by atoms with Gasteiger partial charge in [-0.1, -0.05) is 36.6 Å². The van der Waals surface area contributed by atoms with Crippen LogP contribution < -0.4 is 0 Å². The van der Waals surface area contributed by atoms with Crippen molar-refractivity contribution in [3.05, 3.63) is 34.9 Å². The van der Waals surface area contributed by atoms with Gasteiger partial charge in [-0.2, -0.15) is 5.26 Å². The van der Waals surface area contributed by atoms with Crippen LogP contribution in [0.5, 0.6) is 0 Å². The molecule has 4 heteroatoms. The summed E-state index contributed by atoms with van der Waals surface area (Å²) >= 11 is 6.00. The number of nitriles is 1. The van der Waals surface area contributed by atoms with Gasteiger partial charge in [-0.25, -0.2) is 0 Å². The SMILES string of the molecule is CC(c1cccc(Cl)c1)N(C)C(=O)C1(C#N)CCCC1. The molecule has 1 aliphatic rings. The van der Waals surface area contributed by atoms with E-state index in [1.807, 2.05) is 31.2 Å². The zero-order chi connectivity index (χ0) is 14.8. The van der Waals surface area contributed by atoms with Crippen molar-refractivity contribution < 1.29 is 4.79 Å². The minimum atomic E-state index is -0.818. The summed E-state index contributed by atoms with van der Waals surface area (Å²) < 4.78 is 0. The van der Waals surface area contributed by atoms with Gasteiger partial charge in [0.25, 0.3) is 0 Å². The molecule has 0 heterocycles. The lowest BCUT2D eigenvalue weighted by Gasteiger charge is -2.31. The van der Waals surface area contributed by atoms with Crippen molar-refractivity contribution in [1.29, 1.82) is 5.26 Å². The molecule has 0 N–H and O–H groups in total. The van der Waals surface area contributed by atoms with E-state index >= 15 is 0 Å². The van der Waals surface area contributed by atoms with E-state index in [4.69, 9.17) is 11.6 Å². The maximum atomic E-state index is 12.7. The van der Waals surface area contributed by atoms with Crippen LogP contribution in [-0.4, -0.2) is 17.9 Å². The third-order valence-corrected chi connectivity index (χ3v) is 4.55. The summed E-state index contributed by atoms with van der Waals surface area (Å²) in [5.74, 6) is -0.0648. The third kappa shape index (κ3) is 2.66. The predicted octanol–water partition coefficient (Wildman–Crippen LogP) is 3.94. The smallest absolute Gasteiger partial charge is 0.243 e. The summed E-state index contributed by atoms with van der Waals surface area (Å²) in [6.07, 6.45) is 3.27. The zero-order valence-corrected chi connectivity index (χ0v) is 12.7. The molecule has 0 bridgehead atoms. The minimum Gasteiger partial charge on any atom is -0.338 e. The molecular formula is C16H19ClN2O. The van der Waals surface area contributed by atoms with Crippen molar-refractivity contribution in [2.75, 3.05) is 7.05 Å². The summed E-state index contributed by atoms with van der Waals surface area (Å²) in [5, 5.41) is 10.1. The Morgan fingerprint density at radius 2 is 2.10 bits per heavy atom. The summed E-state index contributed by atoms with van der Waals surface area (Å²) in [7, 11) is 1.77. The topological polar surface area (TPSA) is 44.1 Å². The molecule has 1 atom stereocenters. The fraction of sp³-hybridized carbons (Fsp3) is 0.500. The second-order valence-corrected chi connectivity index (χ2v) is 5.98. The van der Waals surface area contributed by atoms with Gasteiger partial charge in [0.15, 0.2) is 0 Å². The van der Waals surface area contributed by atoms with E-state index in [1.165, 1.54) is 0 Å². The molecule has 0 aromatic heterocycles. The van der Waals surface area contributed by atoms with Gasteiger partial charge in [-0.05, 0) is 37.5 Å². The Morgan fingerprint density at radius 1 is 1.45 bits per heavy atom. The molecule has 0 radical (unpaired) electrons. The second kappa shape index (κ2) is 5.85. The van der Waals surface area contributed by atoms with Crippen LogP contribution in [-0.2, 0) is 4.79 Å². The molecule has 2 rings (SSSR count). The molecular weight excluding hydrogens is 272 g/mol. The maximum absolute atomic E-state index is 12.7. The van der Waals surface area contributed by atoms with Crippen LogP contribution >= 0.6 is 11.6 Å². The summed E-state index contributed by atoms with van der Waals surface area (Å²) in [6, 6.07) is 9.67. The number of carbonyl (C=O) groups excluding carboxylic acids is 1. The predicted molar refractivity (Wildman–Crippen MR) is 79.2 cm³/mol. The standard InChI is InChI=1S/C16H19ClN2O/c1-12(13-6-5-7-14(17)10-13)19(2)15(20)16(11-18)8-3-4-9-16/h5-7,10,12H,3-4,8-9H2,1-2H3. The number of hydrogen-bond acceptors (Lipinski definition) is 2. The van der Waals surface area contributed by atoms with E-state index in [0.29, 0.717) is 17.9 Å². The number of rotatable bonds is 3. The molecule has 0 spiro atoms. The monoisotopic (exact) mass is 290 g/mol. The summed E-state index contributed by atoms with van der Waals surface area (Å²) in [4.78, 5) is 14.3. The first-order chi connectivity index (χ1) is 9.50. The van der Waals surface area contributed by atoms with Crippen molar-refractivity contribution in [1.82, 2.24) is 4.90 Å². The first-order valence-corrected chi connectivity index (χ1v) is 7.32. The number of hydrogen-bond donors (Lipinski definition) is 0. The lowest BCUT2D eigenvalue weighted by atomic mass is 9.86. The Balaban J connectivity index is 2.20. The number of carbonyl (C=O) groups is 1. The van der Waals surface area contributed by atoms with Crippen LogP contribution in [0.25, 0.3) is 0 Å². The Bertz CT molecular complexity index is 544. The molecule has 1 aromatic carbocycles. The maximum Gasteiger partial charge on any atom is 0.243 e. The highest BCUT2D eigenvalue weighted by atomic mass is 35.5. The molecule has 0 saturated heterocycles. The number of benzene rings is 1. The third-order valence-electron chi connectivity index (χ3n) is 4.31. The first kappa shape index (κ1) is 14.9. The van der Waals surface area contributed by atoms with Gasteiger partial charge in [0.05, 0.1) is 12.1 Å². The largest absolute Gasteiger partial charge is 0.338 e. The van der Waals surface area contributed by atoms with Crippen LogP contribution in [0.3, 0.4) is 0 Å². The zero-order valence-electron chi connectivity index (χ0n) is 11.9. The van der Waals surface area contributed by atoms with Gasteiger partial charge in [0.1, 0.15) is 5.41 Å². The van der Waals surface area contributed by atoms with Crippen LogP contribution in [0.15, 0.2) is 24.3 Å². The molecule has 1 unspecified atom stereocenters. The first-order valence-electron chi connectivity index (χ1n) is 6.94.